The lowest BCUT2D eigenvalue weighted by molar-refractivity contribution is 0.344. The van der Waals surface area contributed by atoms with E-state index in [0.29, 0.717) is 0 Å². The number of hydrogen-bond donors (Lipinski definition) is 0. The molecule has 0 fully saturated rings. The molecule has 0 N–H and O–H groups in total. The molecule has 5 heteroatoms. The molecule has 0 amide bonds. The summed E-state index contributed by atoms with van der Waals surface area (Å²) in [5, 5.41) is 3.22. The first kappa shape index (κ1) is 9.42. The smallest absolute Gasteiger partial charge is 0.269 e. The summed E-state index contributed by atoms with van der Waals surface area (Å²) < 4.78 is 24.6. The highest BCUT2D eigenvalue weighted by Crippen LogP contribution is 1.87. The molecule has 4 nitrogen and oxygen atoms in total. The first-order valence-corrected chi connectivity index (χ1v) is 4.78. The molecule has 0 aromatic rings. The number of rotatable bonds is 4. The van der Waals surface area contributed by atoms with Gasteiger partial charge in [-0.25, -0.2) is 0 Å². The molecule has 0 aliphatic heterocycles. The van der Waals surface area contributed by atoms with Crippen molar-refractivity contribution in [1.82, 2.24) is 0 Å². The van der Waals surface area contributed by atoms with Gasteiger partial charge in [-0.3, -0.25) is 4.28 Å². The van der Waals surface area contributed by atoms with Gasteiger partial charge < -0.3 is 0 Å². The molecule has 0 radical (unpaired) electrons. The molecule has 0 unspecified atom stereocenters. The summed E-state index contributed by atoms with van der Waals surface area (Å²) in [7, 11) is -3.40. The van der Waals surface area contributed by atoms with Gasteiger partial charge in [0.2, 0.25) is 0 Å². The summed E-state index contributed by atoms with van der Waals surface area (Å²) in [6.45, 7) is 1.96. The summed E-state index contributed by atoms with van der Waals surface area (Å²) in [5.74, 6) is 0. The highest BCUT2D eigenvalue weighted by atomic mass is 32.2. The van der Waals surface area contributed by atoms with Crippen molar-refractivity contribution in [2.24, 2.45) is 5.16 Å². The van der Waals surface area contributed by atoms with Crippen LogP contribution in [-0.4, -0.2) is 20.9 Å². The number of oxime groups is 1. The molecule has 0 aromatic carbocycles. The Labute approximate surface area is 61.0 Å². The van der Waals surface area contributed by atoms with Crippen LogP contribution in [0.5, 0.6) is 0 Å². The van der Waals surface area contributed by atoms with Gasteiger partial charge in [0.1, 0.15) is 0 Å². The van der Waals surface area contributed by atoms with Crippen LogP contribution in [0, 0.1) is 0 Å². The second kappa shape index (κ2) is 4.27. The average molecular weight is 165 g/mol. The third-order valence-corrected chi connectivity index (χ3v) is 1.03. The Morgan fingerprint density at radius 3 is 2.60 bits per heavy atom. The maximum absolute atomic E-state index is 10.3. The maximum atomic E-state index is 10.3. The molecular formula is C5H11NO3S. The second-order valence-electron chi connectivity index (χ2n) is 1.86. The Bertz CT molecular complexity index is 195. The Morgan fingerprint density at radius 2 is 2.20 bits per heavy atom. The van der Waals surface area contributed by atoms with Gasteiger partial charge in [0.15, 0.2) is 0 Å². The molecule has 10 heavy (non-hydrogen) atoms. The van der Waals surface area contributed by atoms with E-state index in [1.54, 1.807) is 0 Å². The molecule has 0 spiro atoms. The first-order chi connectivity index (χ1) is 4.56. The van der Waals surface area contributed by atoms with Crippen LogP contribution in [0.15, 0.2) is 5.16 Å². The molecule has 0 saturated carbocycles. The Kier molecular flexibility index (Phi) is 4.02. The van der Waals surface area contributed by atoms with E-state index in [4.69, 9.17) is 0 Å². The van der Waals surface area contributed by atoms with E-state index in [1.165, 1.54) is 6.21 Å². The highest BCUT2D eigenvalue weighted by molar-refractivity contribution is 7.85. The van der Waals surface area contributed by atoms with Crippen molar-refractivity contribution < 1.29 is 12.7 Å². The molecule has 0 heterocycles. The number of nitrogens with zero attached hydrogens (tertiary/aromatic N) is 1. The van der Waals surface area contributed by atoms with Crippen molar-refractivity contribution in [3.05, 3.63) is 0 Å². The zero-order chi connectivity index (χ0) is 8.04. The van der Waals surface area contributed by atoms with Gasteiger partial charge in [-0.15, -0.1) is 0 Å². The van der Waals surface area contributed by atoms with E-state index in [-0.39, 0.29) is 0 Å². The van der Waals surface area contributed by atoms with E-state index in [1.807, 2.05) is 6.92 Å². The molecule has 60 valence electrons. The minimum atomic E-state index is -3.40. The van der Waals surface area contributed by atoms with Crippen molar-refractivity contribution in [3.63, 3.8) is 0 Å². The van der Waals surface area contributed by atoms with Gasteiger partial charge in [0.05, 0.1) is 6.26 Å². The first-order valence-electron chi connectivity index (χ1n) is 2.96. The van der Waals surface area contributed by atoms with E-state index in [0.717, 1.165) is 19.1 Å². The largest absolute Gasteiger partial charge is 0.325 e. The van der Waals surface area contributed by atoms with Crippen molar-refractivity contribution >= 4 is 16.3 Å². The topological polar surface area (TPSA) is 55.7 Å². The lowest BCUT2D eigenvalue weighted by Crippen LogP contribution is -1.96. The Balaban J connectivity index is 3.55. The van der Waals surface area contributed by atoms with E-state index >= 15 is 0 Å². The van der Waals surface area contributed by atoms with Gasteiger partial charge in [-0.1, -0.05) is 18.5 Å². The summed E-state index contributed by atoms with van der Waals surface area (Å²) in [5.41, 5.74) is 0. The van der Waals surface area contributed by atoms with Crippen LogP contribution >= 0.6 is 0 Å². The van der Waals surface area contributed by atoms with Gasteiger partial charge in [-0.05, 0) is 6.42 Å². The minimum absolute atomic E-state index is 0.732. The monoisotopic (exact) mass is 165 g/mol. The molecule has 0 aliphatic carbocycles. The lowest BCUT2D eigenvalue weighted by atomic mass is 10.4. The quantitative estimate of drug-likeness (QED) is 0.456. The van der Waals surface area contributed by atoms with Crippen LogP contribution in [0.1, 0.15) is 19.8 Å². The SMILES string of the molecule is CCCC=NOS(C)(=O)=O. The van der Waals surface area contributed by atoms with Crippen molar-refractivity contribution in [3.8, 4) is 0 Å². The lowest BCUT2D eigenvalue weighted by Gasteiger charge is -1.90. The van der Waals surface area contributed by atoms with Gasteiger partial charge in [-0.2, -0.15) is 8.42 Å². The third kappa shape index (κ3) is 7.42. The van der Waals surface area contributed by atoms with E-state index in [9.17, 15) is 8.42 Å². The average Bonchev–Trinajstić information content (AvgIpc) is 1.78. The molecule has 0 aliphatic rings. The van der Waals surface area contributed by atoms with Crippen molar-refractivity contribution in [1.29, 1.82) is 0 Å². The normalized spacial score (nSPS) is 12.2. The fourth-order valence-corrected chi connectivity index (χ4v) is 0.508. The highest BCUT2D eigenvalue weighted by Gasteiger charge is 1.96. The minimum Gasteiger partial charge on any atom is -0.269 e. The van der Waals surface area contributed by atoms with Crippen LogP contribution in [0.3, 0.4) is 0 Å². The summed E-state index contributed by atoms with van der Waals surface area (Å²) in [6, 6.07) is 0. The summed E-state index contributed by atoms with van der Waals surface area (Å²) in [4.78, 5) is 0. The van der Waals surface area contributed by atoms with E-state index < -0.39 is 10.1 Å². The molecular weight excluding hydrogens is 154 g/mol. The predicted molar refractivity (Wildman–Crippen MR) is 39.3 cm³/mol. The van der Waals surface area contributed by atoms with Gasteiger partial charge in [0.25, 0.3) is 0 Å². The van der Waals surface area contributed by atoms with Crippen LogP contribution in [-0.2, 0) is 14.4 Å². The molecule has 0 aromatic heterocycles. The number of unbranched alkanes of at least 4 members (excludes halogenated alkanes) is 1. The standard InChI is InChI=1S/C5H11NO3S/c1-3-4-5-6-9-10(2,7)8/h5H,3-4H2,1-2H3. The summed E-state index contributed by atoms with van der Waals surface area (Å²) >= 11 is 0. The van der Waals surface area contributed by atoms with Crippen molar-refractivity contribution in [2.45, 2.75) is 19.8 Å². The van der Waals surface area contributed by atoms with Crippen LogP contribution in [0.4, 0.5) is 0 Å². The predicted octanol–water partition coefficient (Wildman–Crippen LogP) is 0.749. The van der Waals surface area contributed by atoms with Crippen LogP contribution in [0.2, 0.25) is 0 Å². The van der Waals surface area contributed by atoms with Crippen LogP contribution < -0.4 is 0 Å². The van der Waals surface area contributed by atoms with E-state index in [2.05, 4.69) is 9.44 Å². The summed E-state index contributed by atoms with van der Waals surface area (Å²) in [6.07, 6.45) is 4.05. The Morgan fingerprint density at radius 1 is 1.60 bits per heavy atom. The second-order valence-corrected chi connectivity index (χ2v) is 3.41. The van der Waals surface area contributed by atoms with Crippen molar-refractivity contribution in [2.75, 3.05) is 6.26 Å². The molecule has 0 saturated heterocycles. The fraction of sp³-hybridized carbons (Fsp3) is 0.800. The maximum Gasteiger partial charge on any atom is 0.325 e. The molecule has 0 rings (SSSR count). The molecule has 0 atom stereocenters. The van der Waals surface area contributed by atoms with Gasteiger partial charge >= 0.3 is 10.1 Å². The zero-order valence-corrected chi connectivity index (χ0v) is 6.89. The zero-order valence-electron chi connectivity index (χ0n) is 6.07. The fourth-order valence-electron chi connectivity index (χ4n) is 0.290. The molecule has 0 bridgehead atoms. The van der Waals surface area contributed by atoms with Crippen LogP contribution in [0.25, 0.3) is 0 Å². The number of hydrogen-bond acceptors (Lipinski definition) is 4. The Hall–Kier alpha value is -0.580. The third-order valence-electron chi connectivity index (χ3n) is 0.671. The van der Waals surface area contributed by atoms with Gasteiger partial charge in [0, 0.05) is 6.21 Å².